The summed E-state index contributed by atoms with van der Waals surface area (Å²) in [4.78, 5) is 26.9. The topological polar surface area (TPSA) is 72.8 Å². The van der Waals surface area contributed by atoms with Gasteiger partial charge in [0.15, 0.2) is 0 Å². The highest BCUT2D eigenvalue weighted by molar-refractivity contribution is 6.79. The molecule has 0 radical (unpaired) electrons. The van der Waals surface area contributed by atoms with Crippen LogP contribution in [-0.4, -0.2) is 31.7 Å². The molecule has 25 heavy (non-hydrogen) atoms. The van der Waals surface area contributed by atoms with Crippen LogP contribution in [0.1, 0.15) is 38.2 Å². The number of carbonyl (C=O) groups excluding carboxylic acids is 2. The van der Waals surface area contributed by atoms with E-state index in [0.717, 1.165) is 24.4 Å². The average Bonchev–Trinajstić information content (AvgIpc) is 2.59. The summed E-state index contributed by atoms with van der Waals surface area (Å²) in [5.74, 6) is -1.11. The molecule has 0 heterocycles. The van der Waals surface area contributed by atoms with Crippen molar-refractivity contribution in [2.45, 2.75) is 63.9 Å². The zero-order chi connectivity index (χ0) is 18.7. The van der Waals surface area contributed by atoms with Crippen LogP contribution in [0.15, 0.2) is 30.3 Å². The molecule has 0 aromatic heterocycles. The van der Waals surface area contributed by atoms with Gasteiger partial charge in [-0.1, -0.05) is 69.2 Å². The van der Waals surface area contributed by atoms with Gasteiger partial charge >= 0.3 is 5.97 Å². The molecule has 1 aromatic rings. The molecule has 0 aliphatic carbocycles. The Labute approximate surface area is 151 Å². The Bertz CT molecular complexity index is 530. The van der Waals surface area contributed by atoms with E-state index in [-0.39, 0.29) is 17.7 Å². The van der Waals surface area contributed by atoms with Gasteiger partial charge in [0, 0.05) is 13.0 Å². The number of benzene rings is 1. The molecule has 140 valence electrons. The molecule has 0 bridgehead atoms. The lowest BCUT2D eigenvalue weighted by Gasteiger charge is -2.32. The molecule has 0 saturated carbocycles. The molecule has 0 aliphatic rings. The van der Waals surface area contributed by atoms with Crippen LogP contribution in [0.2, 0.25) is 24.7 Å². The fourth-order valence-electron chi connectivity index (χ4n) is 2.83. The van der Waals surface area contributed by atoms with Gasteiger partial charge in [0.1, 0.15) is 12.2 Å². The second-order valence-electron chi connectivity index (χ2n) is 7.17. The Morgan fingerprint density at radius 3 is 2.48 bits per heavy atom. The van der Waals surface area contributed by atoms with Gasteiger partial charge in [0.25, 0.3) is 0 Å². The summed E-state index contributed by atoms with van der Waals surface area (Å²) in [6, 6.07) is 11.1. The van der Waals surface area contributed by atoms with E-state index in [2.05, 4.69) is 24.9 Å². The van der Waals surface area contributed by atoms with Crippen LogP contribution in [0.5, 0.6) is 0 Å². The summed E-state index contributed by atoms with van der Waals surface area (Å²) in [6.45, 7) is 7.74. The minimum Gasteiger partial charge on any atom is -0.377 e. The highest BCUT2D eigenvalue weighted by Gasteiger charge is 2.33. The van der Waals surface area contributed by atoms with E-state index in [4.69, 9.17) is 9.99 Å². The maximum Gasteiger partial charge on any atom is 0.349 e. The maximum atomic E-state index is 12.1. The molecule has 1 N–H and O–H groups in total. The number of ether oxygens (including phenoxy) is 1. The first kappa shape index (κ1) is 21.5. The summed E-state index contributed by atoms with van der Waals surface area (Å²) >= 11 is 0. The van der Waals surface area contributed by atoms with Crippen LogP contribution in [0.4, 0.5) is 0 Å². The first-order valence-electron chi connectivity index (χ1n) is 8.86. The zero-order valence-corrected chi connectivity index (χ0v) is 16.5. The highest BCUT2D eigenvalue weighted by Crippen LogP contribution is 2.32. The van der Waals surface area contributed by atoms with E-state index >= 15 is 0 Å². The van der Waals surface area contributed by atoms with Gasteiger partial charge < -0.3 is 9.62 Å². The third kappa shape index (κ3) is 8.42. The molecule has 0 fully saturated rings. The Balaban J connectivity index is 2.66. The summed E-state index contributed by atoms with van der Waals surface area (Å²) in [6.07, 6.45) is 2.18. The quantitative estimate of drug-likeness (QED) is 0.256. The number of Topliss-reactive ketones (excluding diaryl/α,β-unsaturated/α-hetero) is 1. The van der Waals surface area contributed by atoms with E-state index in [1.165, 1.54) is 0 Å². The number of hydrogen-bond donors (Lipinski definition) is 1. The Morgan fingerprint density at radius 1 is 1.20 bits per heavy atom. The lowest BCUT2D eigenvalue weighted by Crippen LogP contribution is -2.36. The molecule has 0 saturated heterocycles. The summed E-state index contributed by atoms with van der Waals surface area (Å²) < 4.78 is 5.90. The molecule has 0 unspecified atom stereocenters. The number of carbonyl (C=O) groups is 2. The molecule has 0 spiro atoms. The third-order valence-corrected chi connectivity index (χ3v) is 8.85. The van der Waals surface area contributed by atoms with Crippen molar-refractivity contribution < 1.29 is 24.5 Å². The Hall–Kier alpha value is -1.50. The average molecular weight is 367 g/mol. The monoisotopic (exact) mass is 366 g/mol. The standard InChI is InChI=1S/C19H30O5Si/c1-4-5-11-25(2,3)18(12-17(20)13-19(21)24-22)15-23-14-16-9-7-6-8-10-16/h6-10,18,22H,4-5,11-15H2,1-3H3/t18-/m0/s1. The van der Waals surface area contributed by atoms with Crippen LogP contribution < -0.4 is 0 Å². The molecular weight excluding hydrogens is 336 g/mol. The van der Waals surface area contributed by atoms with E-state index in [1.807, 2.05) is 30.3 Å². The van der Waals surface area contributed by atoms with E-state index in [1.54, 1.807) is 0 Å². The lowest BCUT2D eigenvalue weighted by atomic mass is 10.1. The lowest BCUT2D eigenvalue weighted by molar-refractivity contribution is -0.233. The van der Waals surface area contributed by atoms with Crippen molar-refractivity contribution in [3.8, 4) is 0 Å². The summed E-state index contributed by atoms with van der Waals surface area (Å²) in [5, 5.41) is 8.34. The number of rotatable bonds is 12. The second-order valence-corrected chi connectivity index (χ2v) is 12.5. The zero-order valence-electron chi connectivity index (χ0n) is 15.5. The molecule has 1 atom stereocenters. The van der Waals surface area contributed by atoms with Gasteiger partial charge in [-0.2, -0.15) is 5.26 Å². The normalized spacial score (nSPS) is 12.6. The van der Waals surface area contributed by atoms with Crippen LogP contribution in [0, 0.1) is 0 Å². The second kappa shape index (κ2) is 11.2. The maximum absolute atomic E-state index is 12.1. The summed E-state index contributed by atoms with van der Waals surface area (Å²) in [5.41, 5.74) is 1.24. The van der Waals surface area contributed by atoms with Crippen molar-refractivity contribution in [3.05, 3.63) is 35.9 Å². The third-order valence-electron chi connectivity index (χ3n) is 4.63. The predicted molar refractivity (Wildman–Crippen MR) is 100 cm³/mol. The van der Waals surface area contributed by atoms with Gasteiger partial charge in [-0.25, -0.2) is 4.79 Å². The Morgan fingerprint density at radius 2 is 1.88 bits per heavy atom. The van der Waals surface area contributed by atoms with Gasteiger partial charge in [0.2, 0.25) is 0 Å². The highest BCUT2D eigenvalue weighted by atomic mass is 28.3. The molecule has 5 nitrogen and oxygen atoms in total. The fraction of sp³-hybridized carbons (Fsp3) is 0.579. The van der Waals surface area contributed by atoms with Crippen LogP contribution in [-0.2, 0) is 25.8 Å². The largest absolute Gasteiger partial charge is 0.377 e. The fourth-order valence-corrected chi connectivity index (χ4v) is 5.85. The van der Waals surface area contributed by atoms with E-state index in [9.17, 15) is 9.59 Å². The van der Waals surface area contributed by atoms with Crippen molar-refractivity contribution in [2.24, 2.45) is 0 Å². The molecule has 0 aliphatic heterocycles. The van der Waals surface area contributed by atoms with Gasteiger partial charge in [-0.15, -0.1) is 0 Å². The van der Waals surface area contributed by atoms with E-state index < -0.39 is 14.0 Å². The minimum absolute atomic E-state index is 0.141. The number of ketones is 1. The first-order chi connectivity index (χ1) is 11.9. The first-order valence-corrected chi connectivity index (χ1v) is 12.1. The Kier molecular flexibility index (Phi) is 9.63. The predicted octanol–water partition coefficient (Wildman–Crippen LogP) is 4.45. The molecule has 6 heteroatoms. The van der Waals surface area contributed by atoms with Crippen LogP contribution in [0.25, 0.3) is 0 Å². The van der Waals surface area contributed by atoms with Crippen molar-refractivity contribution in [2.75, 3.05) is 6.61 Å². The molecular formula is C19H30O5Si. The van der Waals surface area contributed by atoms with E-state index in [0.29, 0.717) is 19.6 Å². The van der Waals surface area contributed by atoms with Crippen molar-refractivity contribution in [3.63, 3.8) is 0 Å². The SMILES string of the molecule is CCCC[Si](C)(C)[C@H](COCc1ccccc1)CC(=O)CC(=O)OO. The molecule has 1 rings (SSSR count). The van der Waals surface area contributed by atoms with Crippen LogP contribution in [0.3, 0.4) is 0 Å². The molecule has 1 aromatic carbocycles. The number of hydrogen-bond acceptors (Lipinski definition) is 5. The van der Waals surface area contributed by atoms with Crippen molar-refractivity contribution in [1.29, 1.82) is 0 Å². The van der Waals surface area contributed by atoms with Gasteiger partial charge in [-0.05, 0) is 11.1 Å². The van der Waals surface area contributed by atoms with Crippen molar-refractivity contribution >= 4 is 19.8 Å². The molecule has 0 amide bonds. The van der Waals surface area contributed by atoms with Crippen molar-refractivity contribution in [1.82, 2.24) is 0 Å². The smallest absolute Gasteiger partial charge is 0.349 e. The minimum atomic E-state index is -1.68. The van der Waals surface area contributed by atoms with Gasteiger partial charge in [0.05, 0.1) is 14.7 Å². The summed E-state index contributed by atoms with van der Waals surface area (Å²) in [7, 11) is -1.68. The van der Waals surface area contributed by atoms with Crippen LogP contribution >= 0.6 is 0 Å². The van der Waals surface area contributed by atoms with Gasteiger partial charge in [-0.3, -0.25) is 4.79 Å². The number of unbranched alkanes of at least 4 members (excludes halogenated alkanes) is 1.